The van der Waals surface area contributed by atoms with Gasteiger partial charge in [0.25, 0.3) is 0 Å². The van der Waals surface area contributed by atoms with Crippen LogP contribution >= 0.6 is 0 Å². The van der Waals surface area contributed by atoms with Crippen LogP contribution in [0.15, 0.2) is 0 Å². The van der Waals surface area contributed by atoms with Crippen molar-refractivity contribution in [2.75, 3.05) is 26.7 Å². The molecule has 100 valence electrons. The number of rotatable bonds is 9. The highest BCUT2D eigenvalue weighted by Gasteiger charge is 2.18. The molecule has 0 radical (unpaired) electrons. The maximum absolute atomic E-state index is 10.3. The predicted octanol–water partition coefficient (Wildman–Crippen LogP) is 1.71. The number of nitrogens with one attached hydrogen (secondary N) is 1. The maximum Gasteiger partial charge on any atom is 0.303 e. The van der Waals surface area contributed by atoms with Crippen LogP contribution in [0.5, 0.6) is 0 Å². The zero-order chi connectivity index (χ0) is 12.5. The van der Waals surface area contributed by atoms with E-state index in [0.29, 0.717) is 6.42 Å². The molecule has 1 rings (SSSR count). The fourth-order valence-electron chi connectivity index (χ4n) is 2.43. The van der Waals surface area contributed by atoms with Crippen molar-refractivity contribution in [2.24, 2.45) is 0 Å². The summed E-state index contributed by atoms with van der Waals surface area (Å²) in [5.41, 5.74) is 0. The molecule has 0 aromatic rings. The van der Waals surface area contributed by atoms with E-state index in [1.54, 1.807) is 0 Å². The van der Waals surface area contributed by atoms with Crippen LogP contribution in [0.1, 0.15) is 44.9 Å². The van der Waals surface area contributed by atoms with E-state index in [4.69, 9.17) is 5.11 Å². The van der Waals surface area contributed by atoms with Gasteiger partial charge in [-0.1, -0.05) is 12.8 Å². The summed E-state index contributed by atoms with van der Waals surface area (Å²) < 4.78 is 0. The van der Waals surface area contributed by atoms with Gasteiger partial charge in [0, 0.05) is 25.6 Å². The van der Waals surface area contributed by atoms with Gasteiger partial charge < -0.3 is 15.3 Å². The molecule has 0 aliphatic heterocycles. The van der Waals surface area contributed by atoms with Crippen LogP contribution in [0.2, 0.25) is 0 Å². The molecule has 0 unspecified atom stereocenters. The molecule has 0 saturated heterocycles. The van der Waals surface area contributed by atoms with E-state index in [1.807, 2.05) is 0 Å². The minimum absolute atomic E-state index is 0.295. The van der Waals surface area contributed by atoms with Gasteiger partial charge >= 0.3 is 5.97 Å². The average molecular weight is 242 g/mol. The lowest BCUT2D eigenvalue weighted by molar-refractivity contribution is -0.137. The van der Waals surface area contributed by atoms with Crippen molar-refractivity contribution in [3.05, 3.63) is 0 Å². The van der Waals surface area contributed by atoms with Gasteiger partial charge in [-0.15, -0.1) is 0 Å². The van der Waals surface area contributed by atoms with Gasteiger partial charge in [0.2, 0.25) is 0 Å². The Hall–Kier alpha value is -0.610. The smallest absolute Gasteiger partial charge is 0.303 e. The van der Waals surface area contributed by atoms with Crippen LogP contribution in [0.25, 0.3) is 0 Å². The Morgan fingerprint density at radius 3 is 2.65 bits per heavy atom. The largest absolute Gasteiger partial charge is 0.481 e. The number of carboxylic acid groups (broad SMARTS) is 1. The fraction of sp³-hybridized carbons (Fsp3) is 0.923. The van der Waals surface area contributed by atoms with Gasteiger partial charge in [-0.2, -0.15) is 0 Å². The molecule has 0 atom stereocenters. The van der Waals surface area contributed by atoms with Gasteiger partial charge in [0.1, 0.15) is 0 Å². The molecule has 0 heterocycles. The predicted molar refractivity (Wildman–Crippen MR) is 69.2 cm³/mol. The molecule has 17 heavy (non-hydrogen) atoms. The highest BCUT2D eigenvalue weighted by molar-refractivity contribution is 5.66. The first-order chi connectivity index (χ1) is 8.20. The summed E-state index contributed by atoms with van der Waals surface area (Å²) in [6, 6.07) is 0.795. The monoisotopic (exact) mass is 242 g/mol. The molecular formula is C13H26N2O2. The zero-order valence-corrected chi connectivity index (χ0v) is 11.0. The number of hydrogen-bond acceptors (Lipinski definition) is 3. The number of nitrogens with zero attached hydrogens (tertiary/aromatic N) is 1. The summed E-state index contributed by atoms with van der Waals surface area (Å²) in [6.07, 6.45) is 7.52. The minimum atomic E-state index is -0.689. The summed E-state index contributed by atoms with van der Waals surface area (Å²) in [6.45, 7) is 3.05. The lowest BCUT2D eigenvalue weighted by Crippen LogP contribution is -2.35. The zero-order valence-electron chi connectivity index (χ0n) is 11.0. The number of hydrogen-bond donors (Lipinski definition) is 2. The van der Waals surface area contributed by atoms with Crippen molar-refractivity contribution < 1.29 is 9.90 Å². The molecule has 4 nitrogen and oxygen atoms in total. The van der Waals surface area contributed by atoms with Gasteiger partial charge in [-0.05, 0) is 39.3 Å². The first kappa shape index (κ1) is 14.5. The van der Waals surface area contributed by atoms with Crippen molar-refractivity contribution in [3.8, 4) is 0 Å². The van der Waals surface area contributed by atoms with Gasteiger partial charge in [-0.3, -0.25) is 4.79 Å². The van der Waals surface area contributed by atoms with Gasteiger partial charge in [-0.25, -0.2) is 0 Å². The lowest BCUT2D eigenvalue weighted by atomic mass is 10.2. The second-order valence-electron chi connectivity index (χ2n) is 5.02. The molecule has 1 saturated carbocycles. The SMILES string of the molecule is CN(CCNCCCCC(=O)O)C1CCCC1. The van der Waals surface area contributed by atoms with E-state index in [9.17, 15) is 4.79 Å². The van der Waals surface area contributed by atoms with Crippen molar-refractivity contribution in [3.63, 3.8) is 0 Å². The lowest BCUT2D eigenvalue weighted by Gasteiger charge is -2.23. The Morgan fingerprint density at radius 1 is 1.29 bits per heavy atom. The van der Waals surface area contributed by atoms with Crippen LogP contribution in [-0.2, 0) is 4.79 Å². The molecule has 0 spiro atoms. The second kappa shape index (κ2) is 8.48. The third kappa shape index (κ3) is 6.64. The number of carboxylic acids is 1. The maximum atomic E-state index is 10.3. The van der Waals surface area contributed by atoms with Crippen LogP contribution in [0.4, 0.5) is 0 Å². The summed E-state index contributed by atoms with van der Waals surface area (Å²) in [7, 11) is 2.21. The average Bonchev–Trinajstić information content (AvgIpc) is 2.80. The van der Waals surface area contributed by atoms with E-state index >= 15 is 0 Å². The first-order valence-electron chi connectivity index (χ1n) is 6.83. The van der Waals surface area contributed by atoms with Crippen LogP contribution in [-0.4, -0.2) is 48.7 Å². The number of likely N-dealkylation sites (N-methyl/N-ethyl adjacent to an activating group) is 1. The third-order valence-corrected chi connectivity index (χ3v) is 3.58. The molecule has 4 heteroatoms. The van der Waals surface area contributed by atoms with E-state index in [1.165, 1.54) is 25.7 Å². The molecule has 1 aliphatic carbocycles. The minimum Gasteiger partial charge on any atom is -0.481 e. The molecule has 0 aromatic heterocycles. The molecule has 0 bridgehead atoms. The number of carbonyl (C=O) groups is 1. The van der Waals surface area contributed by atoms with Crippen LogP contribution in [0, 0.1) is 0 Å². The molecule has 0 aromatic carbocycles. The third-order valence-electron chi connectivity index (χ3n) is 3.58. The topological polar surface area (TPSA) is 52.6 Å². The highest BCUT2D eigenvalue weighted by Crippen LogP contribution is 2.21. The highest BCUT2D eigenvalue weighted by atomic mass is 16.4. The van der Waals surface area contributed by atoms with Gasteiger partial charge in [0.05, 0.1) is 0 Å². The fourth-order valence-corrected chi connectivity index (χ4v) is 2.43. The second-order valence-corrected chi connectivity index (χ2v) is 5.02. The van der Waals surface area contributed by atoms with E-state index < -0.39 is 5.97 Å². The summed E-state index contributed by atoms with van der Waals surface area (Å²) in [5, 5.41) is 11.9. The Kier molecular flexibility index (Phi) is 7.21. The molecule has 1 aliphatic rings. The van der Waals surface area contributed by atoms with Crippen molar-refractivity contribution >= 4 is 5.97 Å². The Morgan fingerprint density at radius 2 is 2.00 bits per heavy atom. The van der Waals surface area contributed by atoms with Crippen molar-refractivity contribution in [1.82, 2.24) is 10.2 Å². The quantitative estimate of drug-likeness (QED) is 0.604. The Balaban J connectivity index is 1.88. The molecule has 1 fully saturated rings. The Labute approximate surface area is 104 Å². The van der Waals surface area contributed by atoms with E-state index in [2.05, 4.69) is 17.3 Å². The standard InChI is InChI=1S/C13H26N2O2/c1-15(12-6-2-3-7-12)11-10-14-9-5-4-8-13(16)17/h12,14H,2-11H2,1H3,(H,16,17). The molecule has 0 amide bonds. The number of aliphatic carboxylic acids is 1. The molecule has 2 N–H and O–H groups in total. The summed E-state index contributed by atoms with van der Waals surface area (Å²) in [4.78, 5) is 12.8. The summed E-state index contributed by atoms with van der Waals surface area (Å²) in [5.74, 6) is -0.689. The number of unbranched alkanes of at least 4 members (excludes halogenated alkanes) is 1. The van der Waals surface area contributed by atoms with E-state index in [0.717, 1.165) is 38.5 Å². The summed E-state index contributed by atoms with van der Waals surface area (Å²) >= 11 is 0. The Bertz CT molecular complexity index is 215. The van der Waals surface area contributed by atoms with Gasteiger partial charge in [0.15, 0.2) is 0 Å². The van der Waals surface area contributed by atoms with Crippen molar-refractivity contribution in [2.45, 2.75) is 51.0 Å². The van der Waals surface area contributed by atoms with E-state index in [-0.39, 0.29) is 0 Å². The first-order valence-corrected chi connectivity index (χ1v) is 6.83. The molecular weight excluding hydrogens is 216 g/mol. The van der Waals surface area contributed by atoms with Crippen LogP contribution in [0.3, 0.4) is 0 Å². The van der Waals surface area contributed by atoms with Crippen molar-refractivity contribution in [1.29, 1.82) is 0 Å². The normalized spacial score (nSPS) is 16.8. The van der Waals surface area contributed by atoms with Crippen LogP contribution < -0.4 is 5.32 Å².